The highest BCUT2D eigenvalue weighted by molar-refractivity contribution is 5.14. The molecule has 0 atom stereocenters. The van der Waals surface area contributed by atoms with Gasteiger partial charge in [-0.1, -0.05) is 40.8 Å². The number of aliphatic hydroxyl groups is 1. The maximum absolute atomic E-state index is 8.94. The van der Waals surface area contributed by atoms with Crippen molar-refractivity contribution in [2.75, 3.05) is 0 Å². The lowest BCUT2D eigenvalue weighted by molar-refractivity contribution is 0.276. The van der Waals surface area contributed by atoms with E-state index in [4.69, 9.17) is 5.11 Å². The Morgan fingerprint density at radius 3 is 2.20 bits per heavy atom. The molecule has 0 aliphatic heterocycles. The summed E-state index contributed by atoms with van der Waals surface area (Å²) in [7, 11) is 0. The molecule has 1 aromatic carbocycles. The van der Waals surface area contributed by atoms with Crippen molar-refractivity contribution in [3.63, 3.8) is 0 Å². The Labute approximate surface area is 115 Å². The fourth-order valence-corrected chi connectivity index (χ4v) is 1.91. The van der Waals surface area contributed by atoms with Gasteiger partial charge in [-0.05, 0) is 5.56 Å². The summed E-state index contributed by atoms with van der Waals surface area (Å²) in [6, 6.07) is 10.1. The Kier molecular flexibility index (Phi) is 3.51. The van der Waals surface area contributed by atoms with Crippen molar-refractivity contribution in [2.45, 2.75) is 19.7 Å². The SMILES string of the molecule is OCc1cn(Cc2cn(Cc3ccccc3)nn2)nn1. The number of aliphatic hydroxyl groups excluding tert-OH is 1. The van der Waals surface area contributed by atoms with E-state index in [2.05, 4.69) is 20.6 Å². The third kappa shape index (κ3) is 2.89. The molecule has 0 aliphatic rings. The van der Waals surface area contributed by atoms with Crippen LogP contribution in [0.5, 0.6) is 0 Å². The van der Waals surface area contributed by atoms with Crippen molar-refractivity contribution in [3.8, 4) is 0 Å². The molecule has 3 aromatic rings. The van der Waals surface area contributed by atoms with Crippen LogP contribution >= 0.6 is 0 Å². The van der Waals surface area contributed by atoms with Crippen molar-refractivity contribution >= 4 is 0 Å². The van der Waals surface area contributed by atoms with Crippen molar-refractivity contribution in [2.24, 2.45) is 0 Å². The normalized spacial score (nSPS) is 10.8. The molecule has 0 aliphatic carbocycles. The van der Waals surface area contributed by atoms with Crippen molar-refractivity contribution < 1.29 is 5.11 Å². The highest BCUT2D eigenvalue weighted by atomic mass is 16.3. The molecule has 0 radical (unpaired) electrons. The van der Waals surface area contributed by atoms with Crippen LogP contribution in [-0.2, 0) is 19.7 Å². The summed E-state index contributed by atoms with van der Waals surface area (Å²) in [5.74, 6) is 0. The van der Waals surface area contributed by atoms with E-state index < -0.39 is 0 Å². The van der Waals surface area contributed by atoms with Crippen LogP contribution < -0.4 is 0 Å². The van der Waals surface area contributed by atoms with E-state index in [1.165, 1.54) is 5.56 Å². The largest absolute Gasteiger partial charge is 0.390 e. The second-order valence-corrected chi connectivity index (χ2v) is 4.46. The summed E-state index contributed by atoms with van der Waals surface area (Å²) in [6.45, 7) is 1.07. The summed E-state index contributed by atoms with van der Waals surface area (Å²) in [4.78, 5) is 0. The van der Waals surface area contributed by atoms with Crippen molar-refractivity contribution in [1.29, 1.82) is 0 Å². The van der Waals surface area contributed by atoms with Crippen LogP contribution in [0.2, 0.25) is 0 Å². The van der Waals surface area contributed by atoms with Gasteiger partial charge in [0.25, 0.3) is 0 Å². The zero-order valence-electron chi connectivity index (χ0n) is 10.8. The molecule has 2 aromatic heterocycles. The summed E-state index contributed by atoms with van der Waals surface area (Å²) in [5.41, 5.74) is 2.52. The number of hydrogen-bond acceptors (Lipinski definition) is 5. The Bertz CT molecular complexity index is 675. The average Bonchev–Trinajstić information content (AvgIpc) is 3.10. The molecule has 0 fully saturated rings. The zero-order chi connectivity index (χ0) is 13.8. The van der Waals surface area contributed by atoms with E-state index in [9.17, 15) is 0 Å². The minimum atomic E-state index is -0.110. The fraction of sp³-hybridized carbons (Fsp3) is 0.231. The summed E-state index contributed by atoms with van der Waals surface area (Å²) < 4.78 is 3.41. The van der Waals surface area contributed by atoms with E-state index in [1.807, 2.05) is 36.5 Å². The Morgan fingerprint density at radius 2 is 1.50 bits per heavy atom. The number of rotatable bonds is 5. The first-order valence-electron chi connectivity index (χ1n) is 6.26. The second kappa shape index (κ2) is 5.62. The molecule has 0 unspecified atom stereocenters. The average molecular weight is 270 g/mol. The van der Waals surface area contributed by atoms with Crippen LogP contribution in [0.1, 0.15) is 17.0 Å². The molecule has 2 heterocycles. The Hall–Kier alpha value is -2.54. The van der Waals surface area contributed by atoms with Crippen molar-refractivity contribution in [3.05, 3.63) is 59.7 Å². The third-order valence-electron chi connectivity index (χ3n) is 2.85. The van der Waals surface area contributed by atoms with E-state index >= 15 is 0 Å². The zero-order valence-corrected chi connectivity index (χ0v) is 10.8. The molecule has 102 valence electrons. The van der Waals surface area contributed by atoms with Crippen LogP contribution in [0, 0.1) is 0 Å². The van der Waals surface area contributed by atoms with Gasteiger partial charge in [0.05, 0.1) is 32.1 Å². The van der Waals surface area contributed by atoms with Gasteiger partial charge in [0, 0.05) is 0 Å². The summed E-state index contributed by atoms with van der Waals surface area (Å²) >= 11 is 0. The standard InChI is InChI=1S/C13H14N6O/c20-10-13-9-19(17-15-13)8-12-7-18(16-14-12)6-11-4-2-1-3-5-11/h1-5,7,9,20H,6,8,10H2. The van der Waals surface area contributed by atoms with Gasteiger partial charge < -0.3 is 5.11 Å². The van der Waals surface area contributed by atoms with Gasteiger partial charge in [-0.3, -0.25) is 0 Å². The summed E-state index contributed by atoms with van der Waals surface area (Å²) in [5, 5.41) is 24.9. The smallest absolute Gasteiger partial charge is 0.108 e. The van der Waals surface area contributed by atoms with Crippen LogP contribution in [0.15, 0.2) is 42.7 Å². The van der Waals surface area contributed by atoms with Crippen LogP contribution in [-0.4, -0.2) is 35.1 Å². The molecular weight excluding hydrogens is 256 g/mol. The maximum atomic E-state index is 8.94. The molecule has 0 amide bonds. The number of hydrogen-bond donors (Lipinski definition) is 1. The number of benzene rings is 1. The molecular formula is C13H14N6O. The molecule has 0 saturated carbocycles. The van der Waals surface area contributed by atoms with Gasteiger partial charge in [-0.25, -0.2) is 9.36 Å². The summed E-state index contributed by atoms with van der Waals surface area (Å²) in [6.07, 6.45) is 3.57. The molecule has 7 nitrogen and oxygen atoms in total. The van der Waals surface area contributed by atoms with Gasteiger partial charge in [-0.2, -0.15) is 0 Å². The molecule has 7 heteroatoms. The Morgan fingerprint density at radius 1 is 0.850 bits per heavy atom. The lowest BCUT2D eigenvalue weighted by atomic mass is 10.2. The monoisotopic (exact) mass is 270 g/mol. The van der Waals surface area contributed by atoms with E-state index in [-0.39, 0.29) is 6.61 Å². The molecule has 0 saturated heterocycles. The molecule has 20 heavy (non-hydrogen) atoms. The van der Waals surface area contributed by atoms with Gasteiger partial charge in [0.2, 0.25) is 0 Å². The predicted molar refractivity (Wildman–Crippen MR) is 70.6 cm³/mol. The molecule has 0 bridgehead atoms. The number of nitrogens with zero attached hydrogens (tertiary/aromatic N) is 6. The lowest BCUT2D eigenvalue weighted by Crippen LogP contribution is -2.01. The van der Waals surface area contributed by atoms with Gasteiger partial charge >= 0.3 is 0 Å². The minimum absolute atomic E-state index is 0.110. The maximum Gasteiger partial charge on any atom is 0.108 e. The van der Waals surface area contributed by atoms with Crippen LogP contribution in [0.4, 0.5) is 0 Å². The van der Waals surface area contributed by atoms with E-state index in [1.54, 1.807) is 15.6 Å². The van der Waals surface area contributed by atoms with Crippen molar-refractivity contribution in [1.82, 2.24) is 30.0 Å². The van der Waals surface area contributed by atoms with Gasteiger partial charge in [0.15, 0.2) is 0 Å². The first-order chi connectivity index (χ1) is 9.83. The van der Waals surface area contributed by atoms with Crippen LogP contribution in [0.3, 0.4) is 0 Å². The van der Waals surface area contributed by atoms with E-state index in [0.717, 1.165) is 5.69 Å². The highest BCUT2D eigenvalue weighted by Gasteiger charge is 2.05. The quantitative estimate of drug-likeness (QED) is 0.728. The number of aromatic nitrogens is 6. The first-order valence-corrected chi connectivity index (χ1v) is 6.26. The minimum Gasteiger partial charge on any atom is -0.390 e. The predicted octanol–water partition coefficient (Wildman–Crippen LogP) is 0.458. The fourth-order valence-electron chi connectivity index (χ4n) is 1.91. The van der Waals surface area contributed by atoms with E-state index in [0.29, 0.717) is 18.8 Å². The van der Waals surface area contributed by atoms with Crippen LogP contribution in [0.25, 0.3) is 0 Å². The van der Waals surface area contributed by atoms with Gasteiger partial charge in [0.1, 0.15) is 11.4 Å². The molecule has 3 rings (SSSR count). The molecule has 0 spiro atoms. The Balaban J connectivity index is 1.67. The second-order valence-electron chi connectivity index (χ2n) is 4.46. The molecule has 1 N–H and O–H groups in total. The topological polar surface area (TPSA) is 81.7 Å². The third-order valence-corrected chi connectivity index (χ3v) is 2.85. The highest BCUT2D eigenvalue weighted by Crippen LogP contribution is 2.03. The first kappa shape index (κ1) is 12.5. The lowest BCUT2D eigenvalue weighted by Gasteiger charge is -1.99. The van der Waals surface area contributed by atoms with Gasteiger partial charge in [-0.15, -0.1) is 10.2 Å².